The van der Waals surface area contributed by atoms with Crippen molar-refractivity contribution in [2.45, 2.75) is 13.5 Å². The van der Waals surface area contributed by atoms with E-state index in [0.717, 1.165) is 59.5 Å². The molecule has 0 amide bonds. The number of fused-ring (bicyclic) bond motifs is 2. The second-order valence-corrected chi connectivity index (χ2v) is 8.78. The van der Waals surface area contributed by atoms with Crippen molar-refractivity contribution in [3.63, 3.8) is 0 Å². The van der Waals surface area contributed by atoms with Gasteiger partial charge in [0, 0.05) is 38.9 Å². The molecule has 0 radical (unpaired) electrons. The van der Waals surface area contributed by atoms with E-state index < -0.39 is 0 Å². The van der Waals surface area contributed by atoms with Crippen LogP contribution in [-0.4, -0.2) is 58.0 Å². The molecular formula is C22H25Cl2N5OS. The molecule has 1 N–H and O–H groups in total. The first kappa shape index (κ1) is 23.6. The lowest BCUT2D eigenvalue weighted by Gasteiger charge is -2.32. The zero-order chi connectivity index (χ0) is 20.0. The highest BCUT2D eigenvalue weighted by Crippen LogP contribution is 2.25. The van der Waals surface area contributed by atoms with Crippen LogP contribution in [0.2, 0.25) is 0 Å². The summed E-state index contributed by atoms with van der Waals surface area (Å²) < 4.78 is 1.13. The van der Waals surface area contributed by atoms with Crippen LogP contribution in [0.5, 0.6) is 0 Å². The molecule has 3 aromatic heterocycles. The van der Waals surface area contributed by atoms with Gasteiger partial charge in [-0.15, -0.1) is 36.2 Å². The Bertz CT molecular complexity index is 1260. The van der Waals surface area contributed by atoms with Crippen molar-refractivity contribution in [1.82, 2.24) is 24.8 Å². The van der Waals surface area contributed by atoms with Crippen LogP contribution in [0.4, 0.5) is 0 Å². The average Bonchev–Trinajstić information content (AvgIpc) is 3.18. The Morgan fingerprint density at radius 1 is 1.13 bits per heavy atom. The lowest BCUT2D eigenvalue weighted by Crippen LogP contribution is -2.43. The number of nitrogens with zero attached hydrogens (tertiary/aromatic N) is 4. The third-order valence-corrected chi connectivity index (χ3v) is 6.51. The third kappa shape index (κ3) is 4.76. The molecule has 31 heavy (non-hydrogen) atoms. The number of aromatic amines is 1. The highest BCUT2D eigenvalue weighted by molar-refractivity contribution is 7.17. The molecule has 0 atom stereocenters. The second kappa shape index (κ2) is 9.63. The summed E-state index contributed by atoms with van der Waals surface area (Å²) in [4.78, 5) is 29.9. The van der Waals surface area contributed by atoms with E-state index >= 15 is 0 Å². The fourth-order valence-electron chi connectivity index (χ4n) is 3.96. The Labute approximate surface area is 197 Å². The van der Waals surface area contributed by atoms with Crippen LogP contribution in [0, 0.1) is 6.92 Å². The Morgan fingerprint density at radius 3 is 2.68 bits per heavy atom. The van der Waals surface area contributed by atoms with Crippen LogP contribution in [0.15, 0.2) is 40.6 Å². The monoisotopic (exact) mass is 477 g/mol. The smallest absolute Gasteiger partial charge is 0.259 e. The van der Waals surface area contributed by atoms with Gasteiger partial charge in [-0.1, -0.05) is 6.07 Å². The number of halogens is 2. The van der Waals surface area contributed by atoms with E-state index in [1.807, 2.05) is 30.6 Å². The molecule has 0 unspecified atom stereocenters. The Hall–Kier alpha value is -2.03. The minimum absolute atomic E-state index is 0. The third-order valence-electron chi connectivity index (χ3n) is 5.65. The topological polar surface area (TPSA) is 65.1 Å². The quantitative estimate of drug-likeness (QED) is 0.481. The number of nitrogens with one attached hydrogen (secondary N) is 1. The molecule has 1 saturated heterocycles. The molecule has 164 valence electrons. The molecule has 6 nitrogen and oxygen atoms in total. The van der Waals surface area contributed by atoms with Gasteiger partial charge in [0.1, 0.15) is 5.69 Å². The van der Waals surface area contributed by atoms with Gasteiger partial charge >= 0.3 is 0 Å². The van der Waals surface area contributed by atoms with E-state index in [4.69, 9.17) is 4.98 Å². The van der Waals surface area contributed by atoms with Gasteiger partial charge < -0.3 is 9.88 Å². The Morgan fingerprint density at radius 2 is 1.90 bits per heavy atom. The van der Waals surface area contributed by atoms with Crippen molar-refractivity contribution in [1.29, 1.82) is 0 Å². The Balaban J connectivity index is 0.00000136. The van der Waals surface area contributed by atoms with Gasteiger partial charge in [-0.25, -0.2) is 4.98 Å². The van der Waals surface area contributed by atoms with Crippen molar-refractivity contribution >= 4 is 57.1 Å². The Kier molecular flexibility index (Phi) is 7.34. The molecule has 4 heterocycles. The van der Waals surface area contributed by atoms with Gasteiger partial charge in [0.25, 0.3) is 5.56 Å². The SMILES string of the molecule is Cc1cc(CN2CCN(C)CC2)cc2c(=O)[nH]c(-c3cc4ccsc4cn3)nc12.Cl.Cl. The molecule has 0 aliphatic carbocycles. The highest BCUT2D eigenvalue weighted by Gasteiger charge is 2.16. The maximum atomic E-state index is 12.9. The van der Waals surface area contributed by atoms with Crippen LogP contribution >= 0.6 is 36.2 Å². The first-order valence-corrected chi connectivity index (χ1v) is 10.7. The molecule has 1 aromatic carbocycles. The number of thiophene rings is 1. The number of likely N-dealkylation sites (N-methyl/N-ethyl adjacent to an activating group) is 1. The molecule has 9 heteroatoms. The fraction of sp³-hybridized carbons (Fsp3) is 0.318. The number of hydrogen-bond donors (Lipinski definition) is 1. The van der Waals surface area contributed by atoms with Crippen LogP contribution in [0.1, 0.15) is 11.1 Å². The van der Waals surface area contributed by atoms with E-state index in [-0.39, 0.29) is 30.4 Å². The highest BCUT2D eigenvalue weighted by atomic mass is 35.5. The summed E-state index contributed by atoms with van der Waals surface area (Å²) in [5.74, 6) is 0.519. The van der Waals surface area contributed by atoms with Crippen molar-refractivity contribution in [2.24, 2.45) is 0 Å². The summed E-state index contributed by atoms with van der Waals surface area (Å²) in [6.07, 6.45) is 1.84. The second-order valence-electron chi connectivity index (χ2n) is 7.83. The maximum Gasteiger partial charge on any atom is 0.259 e. The van der Waals surface area contributed by atoms with Crippen LogP contribution < -0.4 is 5.56 Å². The minimum Gasteiger partial charge on any atom is -0.305 e. The normalized spacial score (nSPS) is 15.0. The van der Waals surface area contributed by atoms with E-state index in [2.05, 4.69) is 38.9 Å². The molecule has 1 aliphatic rings. The maximum absolute atomic E-state index is 12.9. The predicted molar refractivity (Wildman–Crippen MR) is 133 cm³/mol. The lowest BCUT2D eigenvalue weighted by atomic mass is 10.1. The van der Waals surface area contributed by atoms with Gasteiger partial charge in [0.15, 0.2) is 5.82 Å². The lowest BCUT2D eigenvalue weighted by molar-refractivity contribution is 0.148. The summed E-state index contributed by atoms with van der Waals surface area (Å²) in [5, 5.41) is 3.80. The van der Waals surface area contributed by atoms with Gasteiger partial charge in [0.2, 0.25) is 0 Å². The molecule has 1 aliphatic heterocycles. The average molecular weight is 478 g/mol. The fourth-order valence-corrected chi connectivity index (χ4v) is 4.70. The van der Waals surface area contributed by atoms with Crippen LogP contribution in [-0.2, 0) is 6.54 Å². The summed E-state index contributed by atoms with van der Waals surface area (Å²) >= 11 is 1.65. The number of benzene rings is 1. The van der Waals surface area contributed by atoms with Crippen molar-refractivity contribution in [3.05, 3.63) is 57.3 Å². The van der Waals surface area contributed by atoms with Crippen molar-refractivity contribution in [3.8, 4) is 11.5 Å². The van der Waals surface area contributed by atoms with Gasteiger partial charge in [-0.2, -0.15) is 0 Å². The van der Waals surface area contributed by atoms with Crippen molar-refractivity contribution in [2.75, 3.05) is 33.2 Å². The molecule has 0 bridgehead atoms. The number of H-pyrrole nitrogens is 1. The predicted octanol–water partition coefficient (Wildman–Crippen LogP) is 4.10. The zero-order valence-electron chi connectivity index (χ0n) is 17.4. The summed E-state index contributed by atoms with van der Waals surface area (Å²) in [5.41, 5.74) is 3.52. The summed E-state index contributed by atoms with van der Waals surface area (Å²) in [6, 6.07) is 8.19. The van der Waals surface area contributed by atoms with Gasteiger partial charge in [-0.05, 0) is 54.1 Å². The molecular weight excluding hydrogens is 453 g/mol. The first-order chi connectivity index (χ1) is 14.1. The van der Waals surface area contributed by atoms with Crippen LogP contribution in [0.25, 0.3) is 32.5 Å². The van der Waals surface area contributed by atoms with E-state index in [1.54, 1.807) is 11.3 Å². The van der Waals surface area contributed by atoms with Crippen LogP contribution in [0.3, 0.4) is 0 Å². The standard InChI is InChI=1S/C22H23N5OS.2ClH/c1-14-9-15(13-27-6-4-26(2)5-7-27)10-17-20(14)24-21(25-22(17)28)18-11-16-3-8-29-19(16)12-23-18;;/h3,8-12H,4-7,13H2,1-2H3,(H,24,25,28);2*1H. The number of rotatable bonds is 3. The van der Waals surface area contributed by atoms with Gasteiger partial charge in [0.05, 0.1) is 15.6 Å². The minimum atomic E-state index is -0.111. The van der Waals surface area contributed by atoms with E-state index in [0.29, 0.717) is 16.9 Å². The molecule has 5 rings (SSSR count). The summed E-state index contributed by atoms with van der Waals surface area (Å²) in [6.45, 7) is 7.17. The van der Waals surface area contributed by atoms with E-state index in [9.17, 15) is 4.79 Å². The molecule has 0 saturated carbocycles. The van der Waals surface area contributed by atoms with Gasteiger partial charge in [-0.3, -0.25) is 14.7 Å². The van der Waals surface area contributed by atoms with Crippen molar-refractivity contribution < 1.29 is 0 Å². The number of pyridine rings is 1. The zero-order valence-corrected chi connectivity index (χ0v) is 19.9. The molecule has 4 aromatic rings. The number of hydrogen-bond acceptors (Lipinski definition) is 6. The van der Waals surface area contributed by atoms with E-state index in [1.165, 1.54) is 0 Å². The summed E-state index contributed by atoms with van der Waals surface area (Å²) in [7, 11) is 2.16. The number of aromatic nitrogens is 3. The number of aryl methyl sites for hydroxylation is 1. The molecule has 1 fully saturated rings. The molecule has 0 spiro atoms. The largest absolute Gasteiger partial charge is 0.305 e. The first-order valence-electron chi connectivity index (χ1n) is 9.85. The number of piperazine rings is 1.